The smallest absolute Gasteiger partial charge is 0.273 e. The summed E-state index contributed by atoms with van der Waals surface area (Å²) >= 11 is 0. The van der Waals surface area contributed by atoms with Gasteiger partial charge in [0.25, 0.3) is 5.91 Å². The maximum Gasteiger partial charge on any atom is 0.273 e. The Labute approximate surface area is 124 Å². The molecule has 0 spiro atoms. The van der Waals surface area contributed by atoms with Crippen LogP contribution in [0.15, 0.2) is 24.3 Å². The van der Waals surface area contributed by atoms with Gasteiger partial charge in [-0.3, -0.25) is 20.4 Å². The quantitative estimate of drug-likeness (QED) is 0.565. The lowest BCUT2D eigenvalue weighted by Gasteiger charge is -2.11. The molecule has 6 nitrogen and oxygen atoms in total. The molecule has 0 saturated carbocycles. The molecule has 0 aliphatic heterocycles. The van der Waals surface area contributed by atoms with Gasteiger partial charge in [-0.2, -0.15) is 0 Å². The highest BCUT2D eigenvalue weighted by atomic mass is 16.5. The second-order valence-corrected chi connectivity index (χ2v) is 4.29. The van der Waals surface area contributed by atoms with E-state index in [1.165, 1.54) is 0 Å². The summed E-state index contributed by atoms with van der Waals surface area (Å²) in [6.07, 6.45) is 1.05. The topological polar surface area (TPSA) is 76.7 Å². The lowest BCUT2D eigenvalue weighted by atomic mass is 10.2. The summed E-state index contributed by atoms with van der Waals surface area (Å²) in [4.78, 5) is 23.5. The third kappa shape index (κ3) is 6.27. The Morgan fingerprint density at radius 3 is 2.57 bits per heavy atom. The second kappa shape index (κ2) is 9.77. The van der Waals surface area contributed by atoms with Crippen LogP contribution in [-0.4, -0.2) is 31.6 Å². The summed E-state index contributed by atoms with van der Waals surface area (Å²) in [6, 6.07) is 6.90. The molecule has 2 N–H and O–H groups in total. The van der Waals surface area contributed by atoms with Gasteiger partial charge in [-0.25, -0.2) is 0 Å². The van der Waals surface area contributed by atoms with Crippen molar-refractivity contribution in [1.29, 1.82) is 0 Å². The molecule has 1 aromatic rings. The van der Waals surface area contributed by atoms with E-state index in [2.05, 4.69) is 10.9 Å². The Morgan fingerprint density at radius 2 is 1.86 bits per heavy atom. The Bertz CT molecular complexity index is 463. The van der Waals surface area contributed by atoms with Crippen LogP contribution in [0.3, 0.4) is 0 Å². The van der Waals surface area contributed by atoms with E-state index in [-0.39, 0.29) is 12.3 Å². The molecule has 1 aromatic carbocycles. The molecule has 0 fully saturated rings. The molecule has 0 heterocycles. The minimum atomic E-state index is -0.411. The van der Waals surface area contributed by atoms with Crippen LogP contribution in [0.25, 0.3) is 0 Å². The zero-order chi connectivity index (χ0) is 15.5. The molecule has 0 unspecified atom stereocenters. The average Bonchev–Trinajstić information content (AvgIpc) is 2.51. The van der Waals surface area contributed by atoms with E-state index in [4.69, 9.17) is 9.47 Å². The van der Waals surface area contributed by atoms with E-state index in [0.29, 0.717) is 31.1 Å². The van der Waals surface area contributed by atoms with Crippen molar-refractivity contribution in [2.75, 3.05) is 19.8 Å². The van der Waals surface area contributed by atoms with Crippen LogP contribution in [0.1, 0.15) is 37.0 Å². The number of benzene rings is 1. The molecule has 2 amide bonds. The van der Waals surface area contributed by atoms with Crippen molar-refractivity contribution in [2.45, 2.75) is 26.7 Å². The number of hydrazine groups is 1. The number of nitrogens with one attached hydrogen (secondary N) is 2. The maximum atomic E-state index is 12.0. The molecule has 0 aliphatic rings. The van der Waals surface area contributed by atoms with Gasteiger partial charge in [0.05, 0.1) is 25.2 Å². The summed E-state index contributed by atoms with van der Waals surface area (Å²) in [7, 11) is 0. The molecular weight excluding hydrogens is 272 g/mol. The van der Waals surface area contributed by atoms with Crippen LogP contribution >= 0.6 is 0 Å². The van der Waals surface area contributed by atoms with Crippen molar-refractivity contribution in [3.8, 4) is 5.75 Å². The van der Waals surface area contributed by atoms with Crippen molar-refractivity contribution in [2.24, 2.45) is 0 Å². The average molecular weight is 294 g/mol. The summed E-state index contributed by atoms with van der Waals surface area (Å²) in [6.45, 7) is 5.26. The summed E-state index contributed by atoms with van der Waals surface area (Å²) < 4.78 is 10.6. The van der Waals surface area contributed by atoms with E-state index in [1.54, 1.807) is 24.3 Å². The van der Waals surface area contributed by atoms with Crippen LogP contribution in [-0.2, 0) is 9.53 Å². The van der Waals surface area contributed by atoms with Crippen LogP contribution < -0.4 is 15.6 Å². The van der Waals surface area contributed by atoms with Gasteiger partial charge in [0, 0.05) is 6.61 Å². The number of carbonyl (C=O) groups is 2. The number of amides is 2. The van der Waals surface area contributed by atoms with Gasteiger partial charge >= 0.3 is 0 Å². The molecule has 116 valence electrons. The zero-order valence-corrected chi connectivity index (χ0v) is 12.5. The third-order valence-corrected chi connectivity index (χ3v) is 2.59. The molecule has 0 bridgehead atoms. The van der Waals surface area contributed by atoms with Crippen molar-refractivity contribution in [3.05, 3.63) is 29.8 Å². The van der Waals surface area contributed by atoms with E-state index < -0.39 is 5.91 Å². The minimum absolute atomic E-state index is 0.197. The Kier molecular flexibility index (Phi) is 7.89. The van der Waals surface area contributed by atoms with Crippen LogP contribution in [0.4, 0.5) is 0 Å². The Balaban J connectivity index is 2.49. The SMILES string of the molecule is CCCOc1ccccc1C(=O)NNC(=O)CCOCC. The second-order valence-electron chi connectivity index (χ2n) is 4.29. The molecule has 0 saturated heterocycles. The Morgan fingerprint density at radius 1 is 1.10 bits per heavy atom. The minimum Gasteiger partial charge on any atom is -0.493 e. The molecular formula is C15H22N2O4. The first-order chi connectivity index (χ1) is 10.2. The van der Waals surface area contributed by atoms with Crippen LogP contribution in [0, 0.1) is 0 Å². The molecule has 0 atom stereocenters. The monoisotopic (exact) mass is 294 g/mol. The van der Waals surface area contributed by atoms with Gasteiger partial charge in [0.15, 0.2) is 0 Å². The van der Waals surface area contributed by atoms with Gasteiger partial charge in [0.2, 0.25) is 5.91 Å². The number of hydrogen-bond donors (Lipinski definition) is 2. The Hall–Kier alpha value is -2.08. The van der Waals surface area contributed by atoms with Gasteiger partial charge < -0.3 is 9.47 Å². The third-order valence-electron chi connectivity index (χ3n) is 2.59. The molecule has 0 aromatic heterocycles. The fourth-order valence-corrected chi connectivity index (χ4v) is 1.56. The standard InChI is InChI=1S/C15H22N2O4/c1-3-10-21-13-8-6-5-7-12(13)15(19)17-16-14(18)9-11-20-4-2/h5-8H,3-4,9-11H2,1-2H3,(H,16,18)(H,17,19). The predicted octanol–water partition coefficient (Wildman–Crippen LogP) is 1.66. The van der Waals surface area contributed by atoms with E-state index >= 15 is 0 Å². The number of ether oxygens (including phenoxy) is 2. The molecule has 0 radical (unpaired) electrons. The maximum absolute atomic E-state index is 12.0. The molecule has 1 rings (SSSR count). The van der Waals surface area contributed by atoms with E-state index in [9.17, 15) is 9.59 Å². The molecule has 0 aliphatic carbocycles. The highest BCUT2D eigenvalue weighted by Gasteiger charge is 2.12. The number of hydrogen-bond acceptors (Lipinski definition) is 4. The van der Waals surface area contributed by atoms with Crippen LogP contribution in [0.2, 0.25) is 0 Å². The fourth-order valence-electron chi connectivity index (χ4n) is 1.56. The predicted molar refractivity (Wildman–Crippen MR) is 78.9 cm³/mol. The summed E-state index contributed by atoms with van der Waals surface area (Å²) in [5, 5.41) is 0. The molecule has 6 heteroatoms. The zero-order valence-electron chi connectivity index (χ0n) is 12.5. The van der Waals surface area contributed by atoms with Crippen molar-refractivity contribution >= 4 is 11.8 Å². The normalized spacial score (nSPS) is 10.0. The van der Waals surface area contributed by atoms with Crippen molar-refractivity contribution in [1.82, 2.24) is 10.9 Å². The summed E-state index contributed by atoms with van der Waals surface area (Å²) in [5.41, 5.74) is 5.10. The summed E-state index contributed by atoms with van der Waals surface area (Å²) in [5.74, 6) is -0.212. The number of para-hydroxylation sites is 1. The van der Waals surface area contributed by atoms with Gasteiger partial charge in [-0.15, -0.1) is 0 Å². The van der Waals surface area contributed by atoms with Gasteiger partial charge in [0.1, 0.15) is 5.75 Å². The fraction of sp³-hybridized carbons (Fsp3) is 0.467. The van der Waals surface area contributed by atoms with Crippen molar-refractivity contribution in [3.63, 3.8) is 0 Å². The first kappa shape index (κ1) is 17.0. The van der Waals surface area contributed by atoms with E-state index in [1.807, 2.05) is 13.8 Å². The molecule has 21 heavy (non-hydrogen) atoms. The lowest BCUT2D eigenvalue weighted by molar-refractivity contribution is -0.122. The van der Waals surface area contributed by atoms with Gasteiger partial charge in [-0.1, -0.05) is 19.1 Å². The highest BCUT2D eigenvalue weighted by Crippen LogP contribution is 2.17. The highest BCUT2D eigenvalue weighted by molar-refractivity contribution is 5.97. The lowest BCUT2D eigenvalue weighted by Crippen LogP contribution is -2.42. The van der Waals surface area contributed by atoms with Crippen molar-refractivity contribution < 1.29 is 19.1 Å². The van der Waals surface area contributed by atoms with Gasteiger partial charge in [-0.05, 0) is 25.5 Å². The van der Waals surface area contributed by atoms with Crippen LogP contribution in [0.5, 0.6) is 5.75 Å². The van der Waals surface area contributed by atoms with E-state index in [0.717, 1.165) is 6.42 Å². The first-order valence-electron chi connectivity index (χ1n) is 7.07. The number of carbonyl (C=O) groups excluding carboxylic acids is 2. The largest absolute Gasteiger partial charge is 0.493 e. The number of rotatable bonds is 8. The first-order valence-corrected chi connectivity index (χ1v) is 7.07.